The first-order valence-electron chi connectivity index (χ1n) is 7.86. The molecule has 0 spiro atoms. The fourth-order valence-corrected chi connectivity index (χ4v) is 2.67. The third-order valence-electron chi connectivity index (χ3n) is 3.64. The smallest absolute Gasteiger partial charge is 0.163 e. The second-order valence-corrected chi connectivity index (χ2v) is 6.17. The van der Waals surface area contributed by atoms with Crippen molar-refractivity contribution >= 4 is 45.6 Å². The summed E-state index contributed by atoms with van der Waals surface area (Å²) in [5.41, 5.74) is 1.29. The monoisotopic (exact) mass is 395 g/mol. The maximum atomic E-state index is 13.3. The number of ether oxygens (including phenoxy) is 2. The minimum Gasteiger partial charge on any atom is -0.493 e. The maximum Gasteiger partial charge on any atom is 0.163 e. The zero-order chi connectivity index (χ0) is 18.5. The van der Waals surface area contributed by atoms with Gasteiger partial charge in [-0.3, -0.25) is 0 Å². The fraction of sp³-hybridized carbons (Fsp3) is 0.222. The highest BCUT2D eigenvalue weighted by molar-refractivity contribution is 6.31. The van der Waals surface area contributed by atoms with Crippen molar-refractivity contribution in [3.63, 3.8) is 0 Å². The van der Waals surface area contributed by atoms with Gasteiger partial charge >= 0.3 is 0 Å². The molecule has 1 aromatic heterocycles. The van der Waals surface area contributed by atoms with Crippen LogP contribution in [0.3, 0.4) is 0 Å². The molecule has 136 valence electrons. The number of alkyl halides is 1. The summed E-state index contributed by atoms with van der Waals surface area (Å²) in [6.45, 7) is 0.482. The van der Waals surface area contributed by atoms with Crippen molar-refractivity contribution in [2.24, 2.45) is 0 Å². The highest BCUT2D eigenvalue weighted by Crippen LogP contribution is 2.35. The lowest BCUT2D eigenvalue weighted by Crippen LogP contribution is -2.01. The van der Waals surface area contributed by atoms with Crippen molar-refractivity contribution in [3.8, 4) is 11.5 Å². The van der Waals surface area contributed by atoms with Crippen LogP contribution in [0.4, 0.5) is 15.9 Å². The molecule has 0 saturated heterocycles. The van der Waals surface area contributed by atoms with Crippen LogP contribution in [0, 0.1) is 5.82 Å². The number of nitrogens with zero attached hydrogens (tertiary/aromatic N) is 2. The number of fused-ring (bicyclic) bond motifs is 1. The van der Waals surface area contributed by atoms with E-state index < -0.39 is 5.82 Å². The van der Waals surface area contributed by atoms with Gasteiger partial charge in [-0.15, -0.1) is 11.6 Å². The van der Waals surface area contributed by atoms with Crippen molar-refractivity contribution in [2.45, 2.75) is 6.42 Å². The topological polar surface area (TPSA) is 56.3 Å². The Morgan fingerprint density at radius 1 is 1.15 bits per heavy atom. The Balaban J connectivity index is 1.97. The SMILES string of the molecule is COc1cc2c(Nc3ccc(F)c(Cl)c3)ncnc2cc1OCCCCl. The van der Waals surface area contributed by atoms with Gasteiger partial charge in [0.2, 0.25) is 0 Å². The molecule has 0 atom stereocenters. The molecular formula is C18H16Cl2FN3O2. The molecule has 0 radical (unpaired) electrons. The summed E-state index contributed by atoms with van der Waals surface area (Å²) in [5.74, 6) is 1.72. The van der Waals surface area contributed by atoms with Crippen LogP contribution in [0.5, 0.6) is 11.5 Å². The molecule has 0 aliphatic carbocycles. The van der Waals surface area contributed by atoms with E-state index in [0.717, 1.165) is 11.8 Å². The molecule has 3 aromatic rings. The number of benzene rings is 2. The molecule has 0 aliphatic rings. The first-order valence-corrected chi connectivity index (χ1v) is 8.77. The van der Waals surface area contributed by atoms with Gasteiger partial charge in [0.1, 0.15) is 18.0 Å². The van der Waals surface area contributed by atoms with Gasteiger partial charge in [0, 0.05) is 23.0 Å². The summed E-state index contributed by atoms with van der Waals surface area (Å²) in [5, 5.41) is 3.88. The van der Waals surface area contributed by atoms with Gasteiger partial charge in [-0.05, 0) is 30.7 Å². The van der Waals surface area contributed by atoms with Gasteiger partial charge < -0.3 is 14.8 Å². The number of halogens is 3. The first kappa shape index (κ1) is 18.5. The zero-order valence-electron chi connectivity index (χ0n) is 13.9. The molecular weight excluding hydrogens is 380 g/mol. The molecule has 1 heterocycles. The number of aromatic nitrogens is 2. The first-order chi connectivity index (χ1) is 12.6. The molecule has 0 bridgehead atoms. The highest BCUT2D eigenvalue weighted by Gasteiger charge is 2.12. The van der Waals surface area contributed by atoms with E-state index in [-0.39, 0.29) is 5.02 Å². The predicted octanol–water partition coefficient (Wildman–Crippen LogP) is 5.18. The van der Waals surface area contributed by atoms with E-state index in [1.807, 2.05) is 0 Å². The van der Waals surface area contributed by atoms with Crippen molar-refractivity contribution in [2.75, 3.05) is 24.9 Å². The lowest BCUT2D eigenvalue weighted by molar-refractivity contribution is 0.295. The van der Waals surface area contributed by atoms with E-state index in [9.17, 15) is 4.39 Å². The van der Waals surface area contributed by atoms with Crippen LogP contribution in [-0.2, 0) is 0 Å². The molecule has 26 heavy (non-hydrogen) atoms. The third kappa shape index (κ3) is 4.08. The van der Waals surface area contributed by atoms with Gasteiger partial charge in [-0.25, -0.2) is 14.4 Å². The van der Waals surface area contributed by atoms with E-state index in [1.54, 1.807) is 25.3 Å². The van der Waals surface area contributed by atoms with Crippen molar-refractivity contribution < 1.29 is 13.9 Å². The Morgan fingerprint density at radius 3 is 2.73 bits per heavy atom. The van der Waals surface area contributed by atoms with Crippen LogP contribution in [0.2, 0.25) is 5.02 Å². The lowest BCUT2D eigenvalue weighted by atomic mass is 10.2. The summed E-state index contributed by atoms with van der Waals surface area (Å²) >= 11 is 11.5. The Morgan fingerprint density at radius 2 is 2.00 bits per heavy atom. The summed E-state index contributed by atoms with van der Waals surface area (Å²) in [7, 11) is 1.56. The van der Waals surface area contributed by atoms with Crippen LogP contribution < -0.4 is 14.8 Å². The molecule has 5 nitrogen and oxygen atoms in total. The number of methoxy groups -OCH3 is 1. The van der Waals surface area contributed by atoms with E-state index in [0.29, 0.717) is 41.0 Å². The number of rotatable bonds is 7. The Bertz CT molecular complexity index is 924. The molecule has 0 amide bonds. The number of hydrogen-bond donors (Lipinski definition) is 1. The molecule has 0 saturated carbocycles. The number of hydrogen-bond acceptors (Lipinski definition) is 5. The highest BCUT2D eigenvalue weighted by atomic mass is 35.5. The van der Waals surface area contributed by atoms with Crippen LogP contribution in [0.15, 0.2) is 36.7 Å². The maximum absolute atomic E-state index is 13.3. The van der Waals surface area contributed by atoms with Crippen molar-refractivity contribution in [1.29, 1.82) is 0 Å². The fourth-order valence-electron chi connectivity index (χ4n) is 2.38. The Kier molecular flexibility index (Phi) is 5.96. The minimum atomic E-state index is -0.481. The summed E-state index contributed by atoms with van der Waals surface area (Å²) in [4.78, 5) is 8.54. The van der Waals surface area contributed by atoms with E-state index in [1.165, 1.54) is 18.5 Å². The average molecular weight is 396 g/mol. The van der Waals surface area contributed by atoms with E-state index >= 15 is 0 Å². The van der Waals surface area contributed by atoms with Gasteiger partial charge in [0.05, 0.1) is 24.3 Å². The molecule has 0 aliphatic heterocycles. The van der Waals surface area contributed by atoms with Crippen LogP contribution in [0.25, 0.3) is 10.9 Å². The molecule has 0 fully saturated rings. The Labute approximate surface area is 160 Å². The predicted molar refractivity (Wildman–Crippen MR) is 102 cm³/mol. The molecule has 0 unspecified atom stereocenters. The largest absolute Gasteiger partial charge is 0.493 e. The number of anilines is 2. The standard InChI is InChI=1S/C18H16Cl2FN3O2/c1-25-16-8-12-15(9-17(16)26-6-2-5-19)22-10-23-18(12)24-11-3-4-14(21)13(20)7-11/h3-4,7-10H,2,5-6H2,1H3,(H,22,23,24). The van der Waals surface area contributed by atoms with E-state index in [2.05, 4.69) is 15.3 Å². The van der Waals surface area contributed by atoms with E-state index in [4.69, 9.17) is 32.7 Å². The van der Waals surface area contributed by atoms with Gasteiger partial charge in [-0.2, -0.15) is 0 Å². The lowest BCUT2D eigenvalue weighted by Gasteiger charge is -2.13. The Hall–Kier alpha value is -2.31. The van der Waals surface area contributed by atoms with Crippen molar-refractivity contribution in [1.82, 2.24) is 9.97 Å². The van der Waals surface area contributed by atoms with Gasteiger partial charge in [-0.1, -0.05) is 11.6 Å². The molecule has 3 rings (SSSR count). The third-order valence-corrected chi connectivity index (χ3v) is 4.20. The summed E-state index contributed by atoms with van der Waals surface area (Å²) in [6, 6.07) is 7.94. The molecule has 2 aromatic carbocycles. The average Bonchev–Trinajstić information content (AvgIpc) is 2.64. The number of nitrogens with one attached hydrogen (secondary N) is 1. The second kappa shape index (κ2) is 8.38. The normalized spacial score (nSPS) is 10.8. The van der Waals surface area contributed by atoms with Crippen molar-refractivity contribution in [3.05, 3.63) is 47.5 Å². The van der Waals surface area contributed by atoms with Crippen LogP contribution in [0.1, 0.15) is 6.42 Å². The van der Waals surface area contributed by atoms with Gasteiger partial charge in [0.15, 0.2) is 11.5 Å². The minimum absolute atomic E-state index is 0.0286. The molecule has 1 N–H and O–H groups in total. The van der Waals surface area contributed by atoms with Crippen LogP contribution >= 0.6 is 23.2 Å². The van der Waals surface area contributed by atoms with Gasteiger partial charge in [0.25, 0.3) is 0 Å². The quantitative estimate of drug-likeness (QED) is 0.441. The summed E-state index contributed by atoms with van der Waals surface area (Å²) < 4.78 is 24.5. The second-order valence-electron chi connectivity index (χ2n) is 5.39. The van der Waals surface area contributed by atoms with Crippen LogP contribution in [-0.4, -0.2) is 29.6 Å². The zero-order valence-corrected chi connectivity index (χ0v) is 15.4. The molecule has 8 heteroatoms. The summed E-state index contributed by atoms with van der Waals surface area (Å²) in [6.07, 6.45) is 2.16.